The minimum atomic E-state index is 0.249. The van der Waals surface area contributed by atoms with Crippen molar-refractivity contribution < 1.29 is 4.74 Å². The maximum Gasteiger partial charge on any atom is 0.119 e. The largest absolute Gasteiger partial charge is 0.497 e. The van der Waals surface area contributed by atoms with Crippen molar-refractivity contribution in [2.45, 2.75) is 30.4 Å². The minimum Gasteiger partial charge on any atom is -0.497 e. The average Bonchev–Trinajstić information content (AvgIpc) is 2.51. The fourth-order valence-corrected chi connectivity index (χ4v) is 2.78. The van der Waals surface area contributed by atoms with E-state index in [1.54, 1.807) is 18.9 Å². The Balaban J connectivity index is 2.10. The normalized spacial score (nSPS) is 11.4. The van der Waals surface area contributed by atoms with Crippen molar-refractivity contribution >= 4 is 11.8 Å². The lowest BCUT2D eigenvalue weighted by atomic mass is 10.3. The number of aryl methyl sites for hydroxylation is 1. The predicted molar refractivity (Wildman–Crippen MR) is 88.8 cm³/mol. The van der Waals surface area contributed by atoms with Gasteiger partial charge < -0.3 is 4.74 Å². The van der Waals surface area contributed by atoms with Crippen LogP contribution in [-0.4, -0.2) is 17.3 Å². The Morgan fingerprint density at radius 1 is 1.24 bits per heavy atom. The van der Waals surface area contributed by atoms with E-state index < -0.39 is 0 Å². The zero-order chi connectivity index (χ0) is 15.1. The molecule has 0 saturated carbocycles. The summed E-state index contributed by atoms with van der Waals surface area (Å²) in [7, 11) is 1.68. The topological polar surface area (TPSA) is 22.1 Å². The van der Waals surface area contributed by atoms with Crippen molar-refractivity contribution in [3.63, 3.8) is 0 Å². The van der Waals surface area contributed by atoms with E-state index in [4.69, 9.17) is 4.74 Å². The maximum absolute atomic E-state index is 5.25. The number of nitrogens with zero attached hydrogens (tertiary/aromatic N) is 1. The highest BCUT2D eigenvalue weighted by Gasteiger charge is 2.05. The average molecular weight is 297 g/mol. The molecule has 0 bridgehead atoms. The summed E-state index contributed by atoms with van der Waals surface area (Å²) in [6, 6.07) is 14.0. The van der Waals surface area contributed by atoms with Crippen LogP contribution < -0.4 is 4.74 Å². The first kappa shape index (κ1) is 15.5. The summed E-state index contributed by atoms with van der Waals surface area (Å²) in [5.74, 6) is 7.36. The van der Waals surface area contributed by atoms with Gasteiger partial charge in [0.25, 0.3) is 0 Å². The summed E-state index contributed by atoms with van der Waals surface area (Å²) in [4.78, 5) is 5.58. The molecule has 0 fully saturated rings. The monoisotopic (exact) mass is 297 g/mol. The van der Waals surface area contributed by atoms with Crippen LogP contribution in [0.4, 0.5) is 0 Å². The zero-order valence-corrected chi connectivity index (χ0v) is 13.4. The van der Waals surface area contributed by atoms with E-state index >= 15 is 0 Å². The van der Waals surface area contributed by atoms with Crippen molar-refractivity contribution in [1.82, 2.24) is 4.98 Å². The number of ether oxygens (including phenoxy) is 1. The highest BCUT2D eigenvalue weighted by molar-refractivity contribution is 8.00. The van der Waals surface area contributed by atoms with Crippen LogP contribution in [0.15, 0.2) is 47.4 Å². The number of methoxy groups -OCH3 is 1. The van der Waals surface area contributed by atoms with Crippen LogP contribution in [0.2, 0.25) is 0 Å². The second kappa shape index (κ2) is 7.75. The van der Waals surface area contributed by atoms with Gasteiger partial charge in [0.1, 0.15) is 11.4 Å². The van der Waals surface area contributed by atoms with Crippen LogP contribution in [0.3, 0.4) is 0 Å². The Labute approximate surface area is 130 Å². The molecule has 3 heteroatoms. The molecule has 1 atom stereocenters. The van der Waals surface area contributed by atoms with Gasteiger partial charge in [-0.1, -0.05) is 25.0 Å². The molecule has 0 amide bonds. The molecule has 1 aromatic heterocycles. The van der Waals surface area contributed by atoms with Crippen LogP contribution in [0.25, 0.3) is 0 Å². The summed E-state index contributed by atoms with van der Waals surface area (Å²) in [5.41, 5.74) is 1.83. The Hall–Kier alpha value is -1.92. The van der Waals surface area contributed by atoms with Gasteiger partial charge in [0.2, 0.25) is 0 Å². The van der Waals surface area contributed by atoms with Gasteiger partial charge in [0, 0.05) is 10.6 Å². The van der Waals surface area contributed by atoms with Gasteiger partial charge in [-0.15, -0.1) is 11.8 Å². The lowest BCUT2D eigenvalue weighted by molar-refractivity contribution is 0.413. The molecule has 2 rings (SSSR count). The number of hydrogen-bond acceptors (Lipinski definition) is 3. The van der Waals surface area contributed by atoms with E-state index in [0.29, 0.717) is 0 Å². The molecule has 0 spiro atoms. The number of hydrogen-bond donors (Lipinski definition) is 0. The molecule has 0 saturated heterocycles. The van der Waals surface area contributed by atoms with Crippen LogP contribution in [0, 0.1) is 18.8 Å². The summed E-state index contributed by atoms with van der Waals surface area (Å²) >= 11 is 1.76. The highest BCUT2D eigenvalue weighted by atomic mass is 32.2. The SMILES string of the molecule is CCC(C#Cc1cccc(C)n1)Sc1cccc(OC)c1. The Morgan fingerprint density at radius 3 is 2.76 bits per heavy atom. The van der Waals surface area contributed by atoms with Crippen molar-refractivity contribution in [3.8, 4) is 17.6 Å². The third-order valence-corrected chi connectivity index (χ3v) is 4.20. The fourth-order valence-electron chi connectivity index (χ4n) is 1.82. The molecule has 0 aliphatic carbocycles. The standard InChI is InChI=1S/C18H19NOS/c1-4-17(12-11-15-8-5-7-14(2)19-15)21-18-10-6-9-16(13-18)20-3/h5-10,13,17H,4H2,1-3H3. The molecule has 2 aromatic rings. The van der Waals surface area contributed by atoms with Crippen LogP contribution in [0.1, 0.15) is 24.7 Å². The quantitative estimate of drug-likeness (QED) is 0.620. The molecule has 108 valence electrons. The summed E-state index contributed by atoms with van der Waals surface area (Å²) < 4.78 is 5.25. The molecular weight excluding hydrogens is 278 g/mol. The van der Waals surface area contributed by atoms with E-state index in [9.17, 15) is 0 Å². The van der Waals surface area contributed by atoms with Crippen molar-refractivity contribution in [2.75, 3.05) is 7.11 Å². The molecule has 1 unspecified atom stereocenters. The first-order chi connectivity index (χ1) is 10.2. The molecule has 0 N–H and O–H groups in total. The van der Waals surface area contributed by atoms with E-state index in [-0.39, 0.29) is 5.25 Å². The third-order valence-electron chi connectivity index (χ3n) is 2.94. The van der Waals surface area contributed by atoms with Crippen molar-refractivity contribution in [2.24, 2.45) is 0 Å². The summed E-state index contributed by atoms with van der Waals surface area (Å²) in [5, 5.41) is 0.249. The number of benzene rings is 1. The zero-order valence-electron chi connectivity index (χ0n) is 12.6. The minimum absolute atomic E-state index is 0.249. The molecule has 0 aliphatic rings. The van der Waals surface area contributed by atoms with E-state index in [1.807, 2.05) is 43.3 Å². The van der Waals surface area contributed by atoms with Crippen LogP contribution in [0.5, 0.6) is 5.75 Å². The Morgan fingerprint density at radius 2 is 2.05 bits per heavy atom. The van der Waals surface area contributed by atoms with E-state index in [0.717, 1.165) is 23.6 Å². The fraction of sp³-hybridized carbons (Fsp3) is 0.278. The third kappa shape index (κ3) is 4.84. The number of pyridine rings is 1. The van der Waals surface area contributed by atoms with Gasteiger partial charge >= 0.3 is 0 Å². The molecule has 0 radical (unpaired) electrons. The van der Waals surface area contributed by atoms with Gasteiger partial charge in [-0.05, 0) is 49.6 Å². The molecule has 1 heterocycles. The maximum atomic E-state index is 5.25. The molecule has 0 aliphatic heterocycles. The van der Waals surface area contributed by atoms with Crippen molar-refractivity contribution in [3.05, 3.63) is 53.9 Å². The summed E-state index contributed by atoms with van der Waals surface area (Å²) in [6.45, 7) is 4.13. The first-order valence-electron chi connectivity index (χ1n) is 6.97. The second-order valence-electron chi connectivity index (χ2n) is 4.63. The number of rotatable bonds is 4. The Bertz CT molecular complexity index is 658. The van der Waals surface area contributed by atoms with Crippen LogP contribution in [-0.2, 0) is 0 Å². The Kier molecular flexibility index (Phi) is 5.71. The van der Waals surface area contributed by atoms with Crippen molar-refractivity contribution in [1.29, 1.82) is 0 Å². The second-order valence-corrected chi connectivity index (χ2v) is 5.90. The number of thioether (sulfide) groups is 1. The molecule has 21 heavy (non-hydrogen) atoms. The van der Waals surface area contributed by atoms with E-state index in [2.05, 4.69) is 29.8 Å². The van der Waals surface area contributed by atoms with Gasteiger partial charge in [-0.2, -0.15) is 0 Å². The van der Waals surface area contributed by atoms with Gasteiger partial charge in [0.15, 0.2) is 0 Å². The smallest absolute Gasteiger partial charge is 0.119 e. The highest BCUT2D eigenvalue weighted by Crippen LogP contribution is 2.27. The van der Waals surface area contributed by atoms with Gasteiger partial charge in [-0.3, -0.25) is 0 Å². The number of aromatic nitrogens is 1. The van der Waals surface area contributed by atoms with Gasteiger partial charge in [0.05, 0.1) is 12.4 Å². The molecule has 2 nitrogen and oxygen atoms in total. The lowest BCUT2D eigenvalue weighted by Gasteiger charge is -2.08. The molecular formula is C18H19NOS. The lowest BCUT2D eigenvalue weighted by Crippen LogP contribution is -1.97. The molecule has 1 aromatic carbocycles. The van der Waals surface area contributed by atoms with Crippen LogP contribution >= 0.6 is 11.8 Å². The first-order valence-corrected chi connectivity index (χ1v) is 7.85. The van der Waals surface area contributed by atoms with Gasteiger partial charge in [-0.25, -0.2) is 4.98 Å². The summed E-state index contributed by atoms with van der Waals surface area (Å²) in [6.07, 6.45) is 0.987. The predicted octanol–water partition coefficient (Wildman–Crippen LogP) is 4.32. The van der Waals surface area contributed by atoms with E-state index in [1.165, 1.54) is 4.90 Å².